The van der Waals surface area contributed by atoms with Gasteiger partial charge in [0.05, 0.1) is 5.92 Å². The number of nitrogens with zero attached hydrogens (tertiary/aromatic N) is 2. The van der Waals surface area contributed by atoms with Crippen LogP contribution in [0.25, 0.3) is 0 Å². The molecule has 0 bridgehead atoms. The molecule has 2 fully saturated rings. The van der Waals surface area contributed by atoms with E-state index in [0.29, 0.717) is 38.7 Å². The smallest absolute Gasteiger partial charge is 0.317 e. The summed E-state index contributed by atoms with van der Waals surface area (Å²) in [5.41, 5.74) is 1.10. The van der Waals surface area contributed by atoms with Crippen LogP contribution in [0.5, 0.6) is 0 Å². The third-order valence-electron chi connectivity index (χ3n) is 6.07. The highest BCUT2D eigenvalue weighted by Gasteiger charge is 2.57. The predicted octanol–water partition coefficient (Wildman–Crippen LogP) is 1.94. The van der Waals surface area contributed by atoms with E-state index in [1.807, 2.05) is 23.1 Å². The van der Waals surface area contributed by atoms with Crippen LogP contribution in [0.4, 0.5) is 4.79 Å². The van der Waals surface area contributed by atoms with Crippen molar-refractivity contribution in [1.82, 2.24) is 20.4 Å². The first-order valence-electron chi connectivity index (χ1n) is 11.0. The molecular weight excluding hydrogens is 380 g/mol. The van der Waals surface area contributed by atoms with E-state index < -0.39 is 0 Å². The molecule has 1 aromatic carbocycles. The zero-order chi connectivity index (χ0) is 21.6. The number of urea groups is 1. The van der Waals surface area contributed by atoms with Gasteiger partial charge in [-0.25, -0.2) is 4.79 Å². The Bertz CT molecular complexity index is 704. The predicted molar refractivity (Wildman–Crippen MR) is 117 cm³/mol. The molecule has 2 aliphatic rings. The Morgan fingerprint density at radius 2 is 1.90 bits per heavy atom. The van der Waals surface area contributed by atoms with Crippen molar-refractivity contribution in [3.8, 4) is 0 Å². The second-order valence-electron chi connectivity index (χ2n) is 9.14. The molecule has 0 aliphatic carbocycles. The summed E-state index contributed by atoms with van der Waals surface area (Å²) in [5, 5.41) is 6.08. The Morgan fingerprint density at radius 3 is 2.57 bits per heavy atom. The van der Waals surface area contributed by atoms with E-state index in [9.17, 15) is 9.59 Å². The van der Waals surface area contributed by atoms with Crippen LogP contribution in [0, 0.1) is 17.3 Å². The van der Waals surface area contributed by atoms with Crippen molar-refractivity contribution >= 4 is 11.9 Å². The van der Waals surface area contributed by atoms with Crippen molar-refractivity contribution < 1.29 is 14.3 Å². The molecule has 1 unspecified atom stereocenters. The summed E-state index contributed by atoms with van der Waals surface area (Å²) in [6.07, 6.45) is 0.798. The number of ether oxygens (including phenoxy) is 1. The van der Waals surface area contributed by atoms with Crippen LogP contribution in [0.15, 0.2) is 30.3 Å². The maximum absolute atomic E-state index is 13.0. The number of likely N-dealkylation sites (tertiary alicyclic amines) is 2. The van der Waals surface area contributed by atoms with Crippen molar-refractivity contribution in [2.45, 2.75) is 26.8 Å². The van der Waals surface area contributed by atoms with E-state index in [1.165, 1.54) is 5.56 Å². The number of methoxy groups -OCH3 is 1. The Morgan fingerprint density at radius 1 is 1.17 bits per heavy atom. The molecule has 2 aliphatic heterocycles. The van der Waals surface area contributed by atoms with Gasteiger partial charge in [0.1, 0.15) is 0 Å². The molecule has 3 amide bonds. The van der Waals surface area contributed by atoms with Gasteiger partial charge in [0.2, 0.25) is 5.91 Å². The fourth-order valence-corrected chi connectivity index (χ4v) is 4.52. The van der Waals surface area contributed by atoms with Crippen molar-refractivity contribution in [2.75, 3.05) is 53.0 Å². The first kappa shape index (κ1) is 22.6. The van der Waals surface area contributed by atoms with Crippen molar-refractivity contribution in [2.24, 2.45) is 17.3 Å². The number of rotatable bonds is 9. The SMILES string of the molecule is COCCCNC(=O)N1CC2(CN(Cc3ccccc3)CC2C(=O)NCC(C)C)C1. The molecule has 2 saturated heterocycles. The van der Waals surface area contributed by atoms with Gasteiger partial charge in [-0.2, -0.15) is 0 Å². The average Bonchev–Trinajstić information content (AvgIpc) is 3.08. The lowest BCUT2D eigenvalue weighted by Gasteiger charge is -2.50. The number of carbonyl (C=O) groups excluding carboxylic acids is 2. The van der Waals surface area contributed by atoms with Gasteiger partial charge in [-0.05, 0) is 17.9 Å². The first-order chi connectivity index (χ1) is 14.4. The summed E-state index contributed by atoms with van der Waals surface area (Å²) >= 11 is 0. The van der Waals surface area contributed by atoms with Gasteiger partial charge in [-0.3, -0.25) is 9.69 Å². The maximum Gasteiger partial charge on any atom is 0.317 e. The Hall–Kier alpha value is -2.12. The molecular formula is C23H36N4O3. The second kappa shape index (κ2) is 10.3. The molecule has 0 aromatic heterocycles. The minimum Gasteiger partial charge on any atom is -0.385 e. The fourth-order valence-electron chi connectivity index (χ4n) is 4.52. The van der Waals surface area contributed by atoms with Gasteiger partial charge in [0.25, 0.3) is 0 Å². The number of amides is 3. The van der Waals surface area contributed by atoms with E-state index in [0.717, 1.165) is 26.1 Å². The third kappa shape index (κ3) is 5.52. The molecule has 1 atom stereocenters. The zero-order valence-electron chi connectivity index (χ0n) is 18.5. The molecule has 2 N–H and O–H groups in total. The van der Waals surface area contributed by atoms with Crippen molar-refractivity contribution in [3.05, 3.63) is 35.9 Å². The lowest BCUT2D eigenvalue weighted by Crippen LogP contribution is -2.65. The highest BCUT2D eigenvalue weighted by Crippen LogP contribution is 2.44. The van der Waals surface area contributed by atoms with E-state index in [1.54, 1.807) is 7.11 Å². The number of benzene rings is 1. The van der Waals surface area contributed by atoms with Crippen LogP contribution in [-0.4, -0.2) is 74.7 Å². The topological polar surface area (TPSA) is 73.9 Å². The average molecular weight is 417 g/mol. The van der Waals surface area contributed by atoms with Crippen molar-refractivity contribution in [1.29, 1.82) is 0 Å². The second-order valence-corrected chi connectivity index (χ2v) is 9.14. The molecule has 30 heavy (non-hydrogen) atoms. The summed E-state index contributed by atoms with van der Waals surface area (Å²) in [7, 11) is 1.66. The minimum absolute atomic E-state index is 0.0421. The molecule has 3 rings (SSSR count). The summed E-state index contributed by atoms with van der Waals surface area (Å²) in [6.45, 7) is 9.81. The Balaban J connectivity index is 1.61. The van der Waals surface area contributed by atoms with Crippen LogP contribution in [0.1, 0.15) is 25.8 Å². The molecule has 2 heterocycles. The minimum atomic E-state index is -0.153. The number of nitrogens with one attached hydrogen (secondary N) is 2. The van der Waals surface area contributed by atoms with Crippen molar-refractivity contribution in [3.63, 3.8) is 0 Å². The van der Waals surface area contributed by atoms with Gasteiger partial charge >= 0.3 is 6.03 Å². The molecule has 0 saturated carbocycles. The van der Waals surface area contributed by atoms with E-state index >= 15 is 0 Å². The summed E-state index contributed by atoms with van der Waals surface area (Å²) < 4.78 is 5.03. The Labute approximate surface area is 180 Å². The van der Waals surface area contributed by atoms with E-state index in [-0.39, 0.29) is 23.3 Å². The molecule has 1 aromatic rings. The van der Waals surface area contributed by atoms with Gasteiger partial charge in [0.15, 0.2) is 0 Å². The van der Waals surface area contributed by atoms with E-state index in [4.69, 9.17) is 4.74 Å². The third-order valence-corrected chi connectivity index (χ3v) is 6.07. The summed E-state index contributed by atoms with van der Waals surface area (Å²) in [6, 6.07) is 10.3. The molecule has 0 radical (unpaired) electrons. The molecule has 166 valence electrons. The zero-order valence-corrected chi connectivity index (χ0v) is 18.5. The number of hydrogen-bond donors (Lipinski definition) is 2. The molecule has 1 spiro atoms. The van der Waals surface area contributed by atoms with Gasteiger partial charge in [-0.15, -0.1) is 0 Å². The summed E-state index contributed by atoms with van der Waals surface area (Å²) in [5.74, 6) is 0.458. The highest BCUT2D eigenvalue weighted by atomic mass is 16.5. The highest BCUT2D eigenvalue weighted by molar-refractivity contribution is 5.82. The largest absolute Gasteiger partial charge is 0.385 e. The molecule has 7 heteroatoms. The lowest BCUT2D eigenvalue weighted by atomic mass is 9.71. The first-order valence-corrected chi connectivity index (χ1v) is 11.0. The van der Waals surface area contributed by atoms with Gasteiger partial charge in [0, 0.05) is 64.9 Å². The van der Waals surface area contributed by atoms with Gasteiger partial charge in [-0.1, -0.05) is 44.2 Å². The summed E-state index contributed by atoms with van der Waals surface area (Å²) in [4.78, 5) is 29.7. The van der Waals surface area contributed by atoms with Gasteiger partial charge < -0.3 is 20.3 Å². The fraction of sp³-hybridized carbons (Fsp3) is 0.652. The van der Waals surface area contributed by atoms with Crippen LogP contribution < -0.4 is 10.6 Å². The number of hydrogen-bond acceptors (Lipinski definition) is 4. The van der Waals surface area contributed by atoms with Crippen LogP contribution >= 0.6 is 0 Å². The Kier molecular flexibility index (Phi) is 7.72. The quantitative estimate of drug-likeness (QED) is 0.604. The van der Waals surface area contributed by atoms with Crippen LogP contribution in [0.3, 0.4) is 0 Å². The monoisotopic (exact) mass is 416 g/mol. The maximum atomic E-state index is 13.0. The normalized spacial score (nSPS) is 20.4. The van der Waals surface area contributed by atoms with Crippen LogP contribution in [-0.2, 0) is 16.1 Å². The number of carbonyl (C=O) groups is 2. The molecule has 7 nitrogen and oxygen atoms in total. The lowest BCUT2D eigenvalue weighted by molar-refractivity contribution is -0.131. The van der Waals surface area contributed by atoms with E-state index in [2.05, 4.69) is 41.5 Å². The standard InChI is InChI=1S/C23H36N4O3/c1-18(2)12-25-21(28)20-14-26(13-19-8-5-4-6-9-19)15-23(20)16-27(17-23)22(29)24-10-7-11-30-3/h4-6,8-9,18,20H,7,10-17H2,1-3H3,(H,24,29)(H,25,28). The van der Waals surface area contributed by atoms with Crippen LogP contribution in [0.2, 0.25) is 0 Å².